The van der Waals surface area contributed by atoms with Crippen molar-refractivity contribution in [3.63, 3.8) is 0 Å². The maximum atomic E-state index is 13.4. The number of hydrogen-bond donors (Lipinski definition) is 1. The van der Waals surface area contributed by atoms with Crippen LogP contribution in [0.5, 0.6) is 0 Å². The van der Waals surface area contributed by atoms with Gasteiger partial charge in [-0.25, -0.2) is 4.99 Å². The van der Waals surface area contributed by atoms with Crippen LogP contribution in [0.4, 0.5) is 0 Å². The SMILES string of the molecule is CN1C(=O)[C@@H](c2ccc3occc3c2)[C@@](C)(c2cc(-c3ccc(Br)nn3)cs2)N=C1N. The lowest BCUT2D eigenvalue weighted by Crippen LogP contribution is -2.52. The Balaban J connectivity index is 1.64. The largest absolute Gasteiger partial charge is 0.464 e. The Hall–Kier alpha value is -3.04. The fourth-order valence-electron chi connectivity index (χ4n) is 3.96. The molecule has 1 aromatic carbocycles. The van der Waals surface area contributed by atoms with E-state index in [-0.39, 0.29) is 11.9 Å². The van der Waals surface area contributed by atoms with Crippen molar-refractivity contribution in [3.05, 3.63) is 69.2 Å². The third-order valence-corrected chi connectivity index (χ3v) is 7.25. The van der Waals surface area contributed by atoms with Crippen molar-refractivity contribution < 1.29 is 9.21 Å². The molecule has 0 saturated carbocycles. The van der Waals surface area contributed by atoms with E-state index in [1.54, 1.807) is 13.3 Å². The van der Waals surface area contributed by atoms with Gasteiger partial charge in [-0.2, -0.15) is 0 Å². The van der Waals surface area contributed by atoms with Crippen molar-refractivity contribution in [1.29, 1.82) is 0 Å². The highest BCUT2D eigenvalue weighted by atomic mass is 79.9. The first-order valence-corrected chi connectivity index (χ1v) is 11.2. The molecule has 31 heavy (non-hydrogen) atoms. The highest BCUT2D eigenvalue weighted by molar-refractivity contribution is 9.10. The summed E-state index contributed by atoms with van der Waals surface area (Å²) in [6, 6.07) is 13.4. The topological polar surface area (TPSA) is 97.6 Å². The van der Waals surface area contributed by atoms with E-state index in [0.717, 1.165) is 32.7 Å². The Morgan fingerprint density at radius 1 is 1.19 bits per heavy atom. The standard InChI is InChI=1S/C22H18BrN5O2S/c1-22(17-10-14(11-31-17)15-4-6-18(23)27-26-15)19(20(29)28(2)21(24)25-22)13-3-5-16-12(9-13)7-8-30-16/h3-11,19H,1-2H3,(H2,24,25)/t19-,22-/m1/s1. The fraction of sp³-hybridized carbons (Fsp3) is 0.182. The van der Waals surface area contributed by atoms with Crippen LogP contribution >= 0.6 is 27.3 Å². The van der Waals surface area contributed by atoms with Crippen LogP contribution in [0.15, 0.2) is 68.1 Å². The first kappa shape index (κ1) is 19.9. The lowest BCUT2D eigenvalue weighted by molar-refractivity contribution is -0.130. The number of rotatable bonds is 3. The summed E-state index contributed by atoms with van der Waals surface area (Å²) in [6.45, 7) is 1.96. The van der Waals surface area contributed by atoms with E-state index in [9.17, 15) is 4.79 Å². The van der Waals surface area contributed by atoms with Gasteiger partial charge in [0.15, 0.2) is 5.96 Å². The van der Waals surface area contributed by atoms with Gasteiger partial charge in [0.1, 0.15) is 15.7 Å². The van der Waals surface area contributed by atoms with Crippen molar-refractivity contribution in [2.75, 3.05) is 7.05 Å². The molecule has 9 heteroatoms. The monoisotopic (exact) mass is 495 g/mol. The summed E-state index contributed by atoms with van der Waals surface area (Å²) in [5.74, 6) is -0.436. The van der Waals surface area contributed by atoms with Gasteiger partial charge in [0.2, 0.25) is 5.91 Å². The van der Waals surface area contributed by atoms with Crippen LogP contribution in [0, 0.1) is 0 Å². The molecular formula is C22H18BrN5O2S. The highest BCUT2D eigenvalue weighted by Gasteiger charge is 2.48. The fourth-order valence-corrected chi connectivity index (χ4v) is 5.21. The zero-order valence-electron chi connectivity index (χ0n) is 16.7. The molecule has 5 rings (SSSR count). The lowest BCUT2D eigenvalue weighted by Gasteiger charge is -2.40. The molecule has 4 aromatic rings. The van der Waals surface area contributed by atoms with E-state index in [0.29, 0.717) is 4.60 Å². The summed E-state index contributed by atoms with van der Waals surface area (Å²) in [5.41, 5.74) is 8.60. The third kappa shape index (κ3) is 3.24. The summed E-state index contributed by atoms with van der Waals surface area (Å²) < 4.78 is 6.14. The molecule has 0 bridgehead atoms. The number of halogens is 1. The Kier molecular flexibility index (Phi) is 4.67. The van der Waals surface area contributed by atoms with E-state index in [1.165, 1.54) is 16.2 Å². The Bertz CT molecular complexity index is 1330. The minimum atomic E-state index is -0.864. The molecule has 2 N–H and O–H groups in total. The molecule has 0 unspecified atom stereocenters. The molecule has 156 valence electrons. The number of amides is 1. The predicted octanol–water partition coefficient (Wildman–Crippen LogP) is 4.50. The van der Waals surface area contributed by atoms with Gasteiger partial charge in [-0.3, -0.25) is 9.69 Å². The molecule has 2 atom stereocenters. The summed E-state index contributed by atoms with van der Waals surface area (Å²) in [7, 11) is 1.65. The average Bonchev–Trinajstić information content (AvgIpc) is 3.42. The number of nitrogens with zero attached hydrogens (tertiary/aromatic N) is 4. The molecule has 0 saturated heterocycles. The molecular weight excluding hydrogens is 478 g/mol. The van der Waals surface area contributed by atoms with Crippen LogP contribution in [-0.2, 0) is 10.3 Å². The zero-order chi connectivity index (χ0) is 21.8. The summed E-state index contributed by atoms with van der Waals surface area (Å²) in [4.78, 5) is 20.6. The van der Waals surface area contributed by atoms with E-state index in [1.807, 2.05) is 54.8 Å². The first-order chi connectivity index (χ1) is 14.9. The minimum absolute atomic E-state index is 0.101. The molecule has 1 amide bonds. The number of carbonyl (C=O) groups excluding carboxylic acids is 1. The van der Waals surface area contributed by atoms with Crippen LogP contribution in [0.25, 0.3) is 22.2 Å². The number of benzene rings is 1. The predicted molar refractivity (Wildman–Crippen MR) is 124 cm³/mol. The lowest BCUT2D eigenvalue weighted by atomic mass is 9.77. The van der Waals surface area contributed by atoms with Crippen molar-refractivity contribution in [1.82, 2.24) is 15.1 Å². The normalized spacial score (nSPS) is 21.5. The summed E-state index contributed by atoms with van der Waals surface area (Å²) in [6.07, 6.45) is 1.64. The van der Waals surface area contributed by atoms with Crippen molar-refractivity contribution >= 4 is 50.1 Å². The highest BCUT2D eigenvalue weighted by Crippen LogP contribution is 2.47. The van der Waals surface area contributed by atoms with Gasteiger partial charge in [0, 0.05) is 28.3 Å². The van der Waals surface area contributed by atoms with E-state index < -0.39 is 11.5 Å². The van der Waals surface area contributed by atoms with Gasteiger partial charge in [0.05, 0.1) is 17.9 Å². The van der Waals surface area contributed by atoms with Crippen LogP contribution in [-0.4, -0.2) is 34.0 Å². The quantitative estimate of drug-likeness (QED) is 0.451. The van der Waals surface area contributed by atoms with Gasteiger partial charge in [-0.15, -0.1) is 21.5 Å². The van der Waals surface area contributed by atoms with Gasteiger partial charge in [-0.05, 0) is 64.8 Å². The number of aromatic nitrogens is 2. The molecule has 0 spiro atoms. The number of aliphatic imine (C=N–C) groups is 1. The molecule has 0 radical (unpaired) electrons. The average molecular weight is 496 g/mol. The maximum absolute atomic E-state index is 13.4. The van der Waals surface area contributed by atoms with E-state index in [2.05, 4.69) is 26.1 Å². The minimum Gasteiger partial charge on any atom is -0.464 e. The number of likely N-dealkylation sites (N-methyl/N-ethyl adjacent to an activating group) is 1. The second kappa shape index (κ2) is 7.28. The second-order valence-electron chi connectivity index (χ2n) is 7.61. The molecule has 4 heterocycles. The third-order valence-electron chi connectivity index (χ3n) is 5.67. The van der Waals surface area contributed by atoms with Crippen LogP contribution in [0.1, 0.15) is 23.3 Å². The number of fused-ring (bicyclic) bond motifs is 1. The van der Waals surface area contributed by atoms with Gasteiger partial charge < -0.3 is 10.2 Å². The summed E-state index contributed by atoms with van der Waals surface area (Å²) in [5, 5.41) is 11.3. The summed E-state index contributed by atoms with van der Waals surface area (Å²) >= 11 is 4.84. The molecule has 1 aliphatic heterocycles. The Morgan fingerprint density at radius 3 is 2.81 bits per heavy atom. The van der Waals surface area contributed by atoms with Gasteiger partial charge in [0.25, 0.3) is 0 Å². The number of carbonyl (C=O) groups is 1. The van der Waals surface area contributed by atoms with E-state index >= 15 is 0 Å². The molecule has 0 fully saturated rings. The smallest absolute Gasteiger partial charge is 0.239 e. The van der Waals surface area contributed by atoms with Crippen LogP contribution in [0.3, 0.4) is 0 Å². The number of furan rings is 1. The maximum Gasteiger partial charge on any atom is 0.239 e. The Labute approximate surface area is 190 Å². The van der Waals surface area contributed by atoms with E-state index in [4.69, 9.17) is 15.1 Å². The van der Waals surface area contributed by atoms with Crippen molar-refractivity contribution in [2.45, 2.75) is 18.4 Å². The first-order valence-electron chi connectivity index (χ1n) is 9.55. The Morgan fingerprint density at radius 2 is 2.03 bits per heavy atom. The second-order valence-corrected chi connectivity index (χ2v) is 9.33. The van der Waals surface area contributed by atoms with Crippen molar-refractivity contribution in [3.8, 4) is 11.3 Å². The van der Waals surface area contributed by atoms with Crippen LogP contribution < -0.4 is 5.73 Å². The number of nitrogens with two attached hydrogens (primary N) is 1. The molecule has 1 aliphatic rings. The number of thiophene rings is 1. The molecule has 3 aromatic heterocycles. The molecule has 7 nitrogen and oxygen atoms in total. The van der Waals surface area contributed by atoms with Gasteiger partial charge >= 0.3 is 0 Å². The van der Waals surface area contributed by atoms with Crippen LogP contribution in [0.2, 0.25) is 0 Å². The van der Waals surface area contributed by atoms with Crippen molar-refractivity contribution in [2.24, 2.45) is 10.7 Å². The molecule has 0 aliphatic carbocycles. The number of guanidine groups is 1. The zero-order valence-corrected chi connectivity index (χ0v) is 19.1. The van der Waals surface area contributed by atoms with Gasteiger partial charge in [-0.1, -0.05) is 6.07 Å². The number of hydrogen-bond acceptors (Lipinski definition) is 7.